The second-order valence-electron chi connectivity index (χ2n) is 5.86. The van der Waals surface area contributed by atoms with Crippen LogP contribution >= 0.6 is 11.8 Å². The first kappa shape index (κ1) is 16.1. The SMILES string of the molecule is CCCC(CN)C(=O)N(CC1CCCO1)C1CCSC1. The molecule has 1 amide bonds. The monoisotopic (exact) mass is 300 g/mol. The highest BCUT2D eigenvalue weighted by molar-refractivity contribution is 7.99. The van der Waals surface area contributed by atoms with Crippen LogP contribution in [0.4, 0.5) is 0 Å². The molecule has 2 heterocycles. The van der Waals surface area contributed by atoms with Crippen molar-refractivity contribution in [3.05, 3.63) is 0 Å². The molecule has 5 heteroatoms. The van der Waals surface area contributed by atoms with Crippen LogP contribution < -0.4 is 5.73 Å². The number of nitrogens with two attached hydrogens (primary N) is 1. The first-order valence-electron chi connectivity index (χ1n) is 7.96. The van der Waals surface area contributed by atoms with Gasteiger partial charge in [-0.1, -0.05) is 13.3 Å². The molecule has 3 atom stereocenters. The third-order valence-corrected chi connectivity index (χ3v) is 5.47. The minimum absolute atomic E-state index is 0.00740. The number of hydrogen-bond acceptors (Lipinski definition) is 4. The number of hydrogen-bond donors (Lipinski definition) is 1. The lowest BCUT2D eigenvalue weighted by Crippen LogP contribution is -2.48. The number of rotatable bonds is 7. The Hall–Kier alpha value is -0.260. The predicted octanol–water partition coefficient (Wildman–Crippen LogP) is 1.87. The molecule has 116 valence electrons. The quantitative estimate of drug-likeness (QED) is 0.780. The summed E-state index contributed by atoms with van der Waals surface area (Å²) in [6.07, 6.45) is 5.49. The third kappa shape index (κ3) is 4.12. The first-order chi connectivity index (χ1) is 9.76. The van der Waals surface area contributed by atoms with Crippen molar-refractivity contribution in [2.24, 2.45) is 11.7 Å². The summed E-state index contributed by atoms with van der Waals surface area (Å²) >= 11 is 1.95. The van der Waals surface area contributed by atoms with Gasteiger partial charge in [-0.15, -0.1) is 0 Å². The number of nitrogens with zero attached hydrogens (tertiary/aromatic N) is 1. The molecule has 2 aliphatic heterocycles. The topological polar surface area (TPSA) is 55.6 Å². The Kier molecular flexibility index (Phi) is 6.65. The van der Waals surface area contributed by atoms with E-state index in [-0.39, 0.29) is 17.9 Å². The number of carbonyl (C=O) groups excluding carboxylic acids is 1. The molecule has 3 unspecified atom stereocenters. The zero-order valence-electron chi connectivity index (χ0n) is 12.6. The van der Waals surface area contributed by atoms with Crippen molar-refractivity contribution in [1.29, 1.82) is 0 Å². The van der Waals surface area contributed by atoms with E-state index in [1.165, 1.54) is 5.75 Å². The smallest absolute Gasteiger partial charge is 0.227 e. The molecule has 2 aliphatic rings. The van der Waals surface area contributed by atoms with Gasteiger partial charge < -0.3 is 15.4 Å². The second kappa shape index (κ2) is 8.25. The molecular weight excluding hydrogens is 272 g/mol. The summed E-state index contributed by atoms with van der Waals surface area (Å²) in [5.74, 6) is 2.49. The number of ether oxygens (including phenoxy) is 1. The van der Waals surface area contributed by atoms with Crippen LogP contribution in [0.1, 0.15) is 39.0 Å². The Morgan fingerprint density at radius 1 is 1.50 bits per heavy atom. The van der Waals surface area contributed by atoms with Crippen LogP contribution in [-0.4, -0.2) is 54.2 Å². The van der Waals surface area contributed by atoms with Crippen LogP contribution in [0.5, 0.6) is 0 Å². The van der Waals surface area contributed by atoms with Crippen molar-refractivity contribution in [2.75, 3.05) is 31.2 Å². The summed E-state index contributed by atoms with van der Waals surface area (Å²) in [5, 5.41) is 0. The van der Waals surface area contributed by atoms with E-state index < -0.39 is 0 Å². The molecular formula is C15H28N2O2S. The predicted molar refractivity (Wildman–Crippen MR) is 83.9 cm³/mol. The third-order valence-electron chi connectivity index (χ3n) is 4.32. The molecule has 0 radical (unpaired) electrons. The summed E-state index contributed by atoms with van der Waals surface area (Å²) in [6, 6.07) is 0.391. The van der Waals surface area contributed by atoms with Gasteiger partial charge in [-0.25, -0.2) is 0 Å². The van der Waals surface area contributed by atoms with Crippen molar-refractivity contribution in [3.8, 4) is 0 Å². The number of amides is 1. The zero-order chi connectivity index (χ0) is 14.4. The van der Waals surface area contributed by atoms with E-state index in [0.717, 1.165) is 51.0 Å². The largest absolute Gasteiger partial charge is 0.376 e. The highest BCUT2D eigenvalue weighted by Crippen LogP contribution is 2.26. The van der Waals surface area contributed by atoms with Crippen molar-refractivity contribution in [2.45, 2.75) is 51.2 Å². The Labute approximate surface area is 126 Å². The molecule has 0 aromatic rings. The van der Waals surface area contributed by atoms with Crippen molar-refractivity contribution >= 4 is 17.7 Å². The molecule has 0 aromatic carbocycles. The van der Waals surface area contributed by atoms with Crippen molar-refractivity contribution in [3.63, 3.8) is 0 Å². The lowest BCUT2D eigenvalue weighted by Gasteiger charge is -2.33. The van der Waals surface area contributed by atoms with E-state index in [9.17, 15) is 4.79 Å². The summed E-state index contributed by atoms with van der Waals surface area (Å²) < 4.78 is 5.73. The molecule has 0 aliphatic carbocycles. The Bertz CT molecular complexity index is 302. The Morgan fingerprint density at radius 3 is 2.90 bits per heavy atom. The maximum absolute atomic E-state index is 12.8. The minimum Gasteiger partial charge on any atom is -0.376 e. The summed E-state index contributed by atoms with van der Waals surface area (Å²) in [6.45, 7) is 4.20. The van der Waals surface area contributed by atoms with Crippen LogP contribution in [0.2, 0.25) is 0 Å². The summed E-state index contributed by atoms with van der Waals surface area (Å²) in [4.78, 5) is 14.9. The van der Waals surface area contributed by atoms with Crippen molar-refractivity contribution < 1.29 is 9.53 Å². The van der Waals surface area contributed by atoms with Gasteiger partial charge in [0, 0.05) is 31.5 Å². The Balaban J connectivity index is 2.01. The molecule has 2 N–H and O–H groups in total. The fraction of sp³-hybridized carbons (Fsp3) is 0.933. The van der Waals surface area contributed by atoms with Gasteiger partial charge in [0.25, 0.3) is 0 Å². The van der Waals surface area contributed by atoms with Gasteiger partial charge in [0.15, 0.2) is 0 Å². The highest BCUT2D eigenvalue weighted by Gasteiger charge is 2.33. The van der Waals surface area contributed by atoms with Crippen molar-refractivity contribution in [1.82, 2.24) is 4.90 Å². The average Bonchev–Trinajstić information content (AvgIpc) is 3.13. The molecule has 0 bridgehead atoms. The summed E-state index contributed by atoms with van der Waals surface area (Å²) in [5.41, 5.74) is 5.82. The lowest BCUT2D eigenvalue weighted by molar-refractivity contribution is -0.139. The Morgan fingerprint density at radius 2 is 2.35 bits per heavy atom. The zero-order valence-corrected chi connectivity index (χ0v) is 13.4. The van der Waals surface area contributed by atoms with Gasteiger partial charge in [-0.2, -0.15) is 11.8 Å². The van der Waals surface area contributed by atoms with E-state index in [1.54, 1.807) is 0 Å². The average molecular weight is 300 g/mol. The molecule has 2 fully saturated rings. The van der Waals surface area contributed by atoms with Gasteiger partial charge in [0.1, 0.15) is 0 Å². The van der Waals surface area contributed by atoms with Gasteiger partial charge in [-0.3, -0.25) is 4.79 Å². The molecule has 2 saturated heterocycles. The minimum atomic E-state index is -0.00740. The number of thioether (sulfide) groups is 1. The van der Waals surface area contributed by atoms with Crippen LogP contribution in [-0.2, 0) is 9.53 Å². The second-order valence-corrected chi connectivity index (χ2v) is 7.01. The molecule has 2 rings (SSSR count). The molecule has 20 heavy (non-hydrogen) atoms. The van der Waals surface area contributed by atoms with E-state index in [0.29, 0.717) is 12.6 Å². The highest BCUT2D eigenvalue weighted by atomic mass is 32.2. The molecule has 0 spiro atoms. The summed E-state index contributed by atoms with van der Waals surface area (Å²) in [7, 11) is 0. The normalized spacial score (nSPS) is 27.7. The van der Waals surface area contributed by atoms with E-state index in [1.807, 2.05) is 11.8 Å². The standard InChI is InChI=1S/C15H28N2O2S/c1-2-4-12(9-16)15(18)17(13-6-8-20-11-13)10-14-5-3-7-19-14/h12-14H,2-11,16H2,1H3. The van der Waals surface area contributed by atoms with E-state index in [4.69, 9.17) is 10.5 Å². The molecule has 0 aromatic heterocycles. The van der Waals surface area contributed by atoms with Gasteiger partial charge in [0.2, 0.25) is 5.91 Å². The van der Waals surface area contributed by atoms with E-state index >= 15 is 0 Å². The van der Waals surface area contributed by atoms with Crippen LogP contribution in [0, 0.1) is 5.92 Å². The first-order valence-corrected chi connectivity index (χ1v) is 9.11. The fourth-order valence-electron chi connectivity index (χ4n) is 3.12. The van der Waals surface area contributed by atoms with Crippen LogP contribution in [0.15, 0.2) is 0 Å². The van der Waals surface area contributed by atoms with Gasteiger partial charge >= 0.3 is 0 Å². The molecule has 4 nitrogen and oxygen atoms in total. The van der Waals surface area contributed by atoms with Crippen LogP contribution in [0.3, 0.4) is 0 Å². The van der Waals surface area contributed by atoms with Gasteiger partial charge in [0.05, 0.1) is 12.0 Å². The van der Waals surface area contributed by atoms with Gasteiger partial charge in [-0.05, 0) is 31.4 Å². The van der Waals surface area contributed by atoms with Crippen LogP contribution in [0.25, 0.3) is 0 Å². The number of carbonyl (C=O) groups is 1. The maximum atomic E-state index is 12.8. The maximum Gasteiger partial charge on any atom is 0.227 e. The lowest BCUT2D eigenvalue weighted by atomic mass is 10.0. The van der Waals surface area contributed by atoms with E-state index in [2.05, 4.69) is 11.8 Å². The fourth-order valence-corrected chi connectivity index (χ4v) is 4.34. The molecule has 0 saturated carbocycles.